The van der Waals surface area contributed by atoms with Gasteiger partial charge in [-0.15, -0.1) is 0 Å². The fourth-order valence-corrected chi connectivity index (χ4v) is 3.56. The van der Waals surface area contributed by atoms with Gasteiger partial charge in [-0.1, -0.05) is 0 Å². The molecule has 2 saturated heterocycles. The molecular weight excluding hydrogens is 306 g/mol. The molecule has 24 heavy (non-hydrogen) atoms. The van der Waals surface area contributed by atoms with Gasteiger partial charge >= 0.3 is 6.09 Å². The average molecular weight is 333 g/mol. The van der Waals surface area contributed by atoms with Crippen LogP contribution in [0.1, 0.15) is 49.5 Å². The number of nitrogens with zero attached hydrogens (tertiary/aromatic N) is 2. The van der Waals surface area contributed by atoms with E-state index < -0.39 is 5.60 Å². The molecule has 2 amide bonds. The topological polar surface area (TPSA) is 65.6 Å². The molecule has 2 aliphatic rings. The molecule has 132 valence electrons. The Labute approximate surface area is 143 Å². The molecule has 6 nitrogen and oxygen atoms in total. The fraction of sp³-hybridized carbons (Fsp3) is 0.667. The third-order valence-corrected chi connectivity index (χ3v) is 5.00. The first-order valence-corrected chi connectivity index (χ1v) is 8.60. The average Bonchev–Trinajstić information content (AvgIpc) is 2.88. The van der Waals surface area contributed by atoms with Gasteiger partial charge < -0.3 is 19.5 Å². The quantitative estimate of drug-likeness (QED) is 0.859. The molecule has 0 saturated carbocycles. The van der Waals surface area contributed by atoms with Crippen molar-refractivity contribution in [1.82, 2.24) is 14.8 Å². The SMILES string of the molecule is Cc1c[nH]cc1C(=O)N1CCC2(CC1)CN(C(=O)OC(C)(C)C)C2. The van der Waals surface area contributed by atoms with Crippen LogP contribution in [0.5, 0.6) is 0 Å². The van der Waals surface area contributed by atoms with E-state index in [0.29, 0.717) is 0 Å². The zero-order chi connectivity index (χ0) is 17.5. The lowest BCUT2D eigenvalue weighted by molar-refractivity contribution is -0.0563. The van der Waals surface area contributed by atoms with Gasteiger partial charge in [-0.25, -0.2) is 4.79 Å². The zero-order valence-corrected chi connectivity index (χ0v) is 15.0. The van der Waals surface area contributed by atoms with Crippen molar-refractivity contribution in [2.45, 2.75) is 46.1 Å². The number of rotatable bonds is 1. The van der Waals surface area contributed by atoms with Crippen LogP contribution >= 0.6 is 0 Å². The van der Waals surface area contributed by atoms with E-state index in [0.717, 1.165) is 50.1 Å². The lowest BCUT2D eigenvalue weighted by Gasteiger charge is -2.53. The summed E-state index contributed by atoms with van der Waals surface area (Å²) in [6.45, 7) is 10.6. The Bertz CT molecular complexity index is 628. The highest BCUT2D eigenvalue weighted by Gasteiger charge is 2.48. The van der Waals surface area contributed by atoms with Crippen molar-refractivity contribution in [3.05, 3.63) is 23.5 Å². The molecule has 2 aliphatic heterocycles. The van der Waals surface area contributed by atoms with Gasteiger partial charge in [0, 0.05) is 44.0 Å². The highest BCUT2D eigenvalue weighted by Crippen LogP contribution is 2.41. The molecule has 0 aliphatic carbocycles. The van der Waals surface area contributed by atoms with E-state index >= 15 is 0 Å². The van der Waals surface area contributed by atoms with Crippen LogP contribution in [0.3, 0.4) is 0 Å². The molecule has 0 unspecified atom stereocenters. The van der Waals surface area contributed by atoms with Gasteiger partial charge in [0.15, 0.2) is 0 Å². The van der Waals surface area contributed by atoms with Crippen molar-refractivity contribution < 1.29 is 14.3 Å². The molecule has 1 N–H and O–H groups in total. The van der Waals surface area contributed by atoms with Crippen LogP contribution in [0.25, 0.3) is 0 Å². The van der Waals surface area contributed by atoms with Crippen LogP contribution in [0.15, 0.2) is 12.4 Å². The number of amides is 2. The molecule has 0 atom stereocenters. The van der Waals surface area contributed by atoms with Gasteiger partial charge in [0.25, 0.3) is 5.91 Å². The number of hydrogen-bond donors (Lipinski definition) is 1. The van der Waals surface area contributed by atoms with E-state index in [9.17, 15) is 9.59 Å². The van der Waals surface area contributed by atoms with Gasteiger partial charge in [-0.05, 0) is 46.1 Å². The minimum absolute atomic E-state index is 0.104. The van der Waals surface area contributed by atoms with Crippen molar-refractivity contribution in [2.24, 2.45) is 5.41 Å². The third-order valence-electron chi connectivity index (χ3n) is 5.00. The van der Waals surface area contributed by atoms with E-state index in [-0.39, 0.29) is 17.4 Å². The number of aryl methyl sites for hydroxylation is 1. The first-order valence-electron chi connectivity index (χ1n) is 8.60. The Morgan fingerprint density at radius 3 is 2.25 bits per heavy atom. The predicted octanol–water partition coefficient (Wildman–Crippen LogP) is 2.80. The number of aromatic nitrogens is 1. The Morgan fingerprint density at radius 2 is 1.75 bits per heavy atom. The molecule has 0 bridgehead atoms. The standard InChI is InChI=1S/C18H27N3O3/c1-13-9-19-10-14(13)15(22)20-7-5-18(6-8-20)11-21(12-18)16(23)24-17(2,3)4/h9-10,19H,5-8,11-12H2,1-4H3. The molecule has 3 rings (SSSR count). The molecule has 3 heterocycles. The zero-order valence-electron chi connectivity index (χ0n) is 15.0. The smallest absolute Gasteiger partial charge is 0.410 e. The minimum Gasteiger partial charge on any atom is -0.444 e. The Morgan fingerprint density at radius 1 is 1.12 bits per heavy atom. The molecule has 1 aromatic rings. The normalized spacial score (nSPS) is 20.0. The number of aromatic amines is 1. The molecule has 1 aromatic heterocycles. The van der Waals surface area contributed by atoms with Crippen LogP contribution in [-0.4, -0.2) is 58.6 Å². The summed E-state index contributed by atoms with van der Waals surface area (Å²) in [5.41, 5.74) is 1.46. The summed E-state index contributed by atoms with van der Waals surface area (Å²) in [4.78, 5) is 31.3. The second-order valence-electron chi connectivity index (χ2n) is 8.18. The molecule has 0 radical (unpaired) electrons. The number of nitrogens with one attached hydrogen (secondary N) is 1. The van der Waals surface area contributed by atoms with Crippen molar-refractivity contribution >= 4 is 12.0 Å². The summed E-state index contributed by atoms with van der Waals surface area (Å²) < 4.78 is 5.42. The van der Waals surface area contributed by atoms with Crippen molar-refractivity contribution in [3.63, 3.8) is 0 Å². The third kappa shape index (κ3) is 3.28. The summed E-state index contributed by atoms with van der Waals surface area (Å²) in [6, 6.07) is 0. The van der Waals surface area contributed by atoms with E-state index in [2.05, 4.69) is 4.98 Å². The Balaban J connectivity index is 1.51. The maximum Gasteiger partial charge on any atom is 0.410 e. The molecule has 2 fully saturated rings. The number of carbonyl (C=O) groups is 2. The van der Waals surface area contributed by atoms with Crippen molar-refractivity contribution in [3.8, 4) is 0 Å². The van der Waals surface area contributed by atoms with E-state index in [4.69, 9.17) is 4.74 Å². The Kier molecular flexibility index (Phi) is 4.10. The lowest BCUT2D eigenvalue weighted by Crippen LogP contribution is -2.62. The second-order valence-corrected chi connectivity index (χ2v) is 8.18. The minimum atomic E-state index is -0.454. The number of piperidine rings is 1. The monoisotopic (exact) mass is 333 g/mol. The number of hydrogen-bond acceptors (Lipinski definition) is 3. The van der Waals surface area contributed by atoms with Crippen molar-refractivity contribution in [1.29, 1.82) is 0 Å². The van der Waals surface area contributed by atoms with Gasteiger partial charge in [0.05, 0.1) is 5.56 Å². The predicted molar refractivity (Wildman–Crippen MR) is 90.9 cm³/mol. The van der Waals surface area contributed by atoms with Gasteiger partial charge in [0.1, 0.15) is 5.60 Å². The largest absolute Gasteiger partial charge is 0.444 e. The van der Waals surface area contributed by atoms with Crippen LogP contribution in [0.2, 0.25) is 0 Å². The second kappa shape index (κ2) is 5.83. The summed E-state index contributed by atoms with van der Waals surface area (Å²) in [7, 11) is 0. The molecule has 6 heteroatoms. The van der Waals surface area contributed by atoms with E-state index in [1.165, 1.54) is 0 Å². The maximum atomic E-state index is 12.5. The van der Waals surface area contributed by atoms with Crippen LogP contribution in [-0.2, 0) is 4.74 Å². The van der Waals surface area contributed by atoms with Crippen LogP contribution in [0, 0.1) is 12.3 Å². The van der Waals surface area contributed by atoms with Crippen LogP contribution in [0.4, 0.5) is 4.79 Å². The van der Waals surface area contributed by atoms with Gasteiger partial charge in [-0.3, -0.25) is 4.79 Å². The number of likely N-dealkylation sites (tertiary alicyclic amines) is 2. The highest BCUT2D eigenvalue weighted by atomic mass is 16.6. The number of H-pyrrole nitrogens is 1. The van der Waals surface area contributed by atoms with E-state index in [1.807, 2.05) is 38.8 Å². The maximum absolute atomic E-state index is 12.5. The molecule has 0 aromatic carbocycles. The first kappa shape index (κ1) is 16.9. The van der Waals surface area contributed by atoms with Gasteiger partial charge in [-0.2, -0.15) is 0 Å². The first-order chi connectivity index (χ1) is 11.2. The summed E-state index contributed by atoms with van der Waals surface area (Å²) >= 11 is 0. The number of carbonyl (C=O) groups excluding carboxylic acids is 2. The van der Waals surface area contributed by atoms with Gasteiger partial charge in [0.2, 0.25) is 0 Å². The van der Waals surface area contributed by atoms with Crippen LogP contribution < -0.4 is 0 Å². The Hall–Kier alpha value is -1.98. The number of ether oxygens (including phenoxy) is 1. The van der Waals surface area contributed by atoms with Crippen molar-refractivity contribution in [2.75, 3.05) is 26.2 Å². The summed E-state index contributed by atoms with van der Waals surface area (Å²) in [5, 5.41) is 0. The van der Waals surface area contributed by atoms with E-state index in [1.54, 1.807) is 11.1 Å². The fourth-order valence-electron chi connectivity index (χ4n) is 3.56. The summed E-state index contributed by atoms with van der Waals surface area (Å²) in [5.74, 6) is 0.104. The summed E-state index contributed by atoms with van der Waals surface area (Å²) in [6.07, 6.45) is 5.29. The lowest BCUT2D eigenvalue weighted by atomic mass is 9.72. The highest BCUT2D eigenvalue weighted by molar-refractivity contribution is 5.95. The molecule has 1 spiro atoms. The molecular formula is C18H27N3O3.